The maximum Gasteiger partial charge on any atom is 0.123 e. The maximum absolute atomic E-state index is 13.2. The Balaban J connectivity index is 1.51. The van der Waals surface area contributed by atoms with E-state index in [0.717, 1.165) is 16.9 Å². The molecule has 3 rings (SSSR count). The Labute approximate surface area is 134 Å². The van der Waals surface area contributed by atoms with Gasteiger partial charge in [0.05, 0.1) is 0 Å². The Morgan fingerprint density at radius 2 is 1.65 bits per heavy atom. The van der Waals surface area contributed by atoms with Crippen LogP contribution in [-0.2, 0) is 17.9 Å². The van der Waals surface area contributed by atoms with Gasteiger partial charge in [-0.15, -0.1) is 0 Å². The standard InChI is InChI=1S/C19H17F2NO/c20-17-5-1-3-15(11-17)13-22-9-7-19(8-10-22)23-14-16-4-2-6-18(21)12-16/h1-9,11-12H,10,13-14H2. The molecule has 1 aliphatic heterocycles. The van der Waals surface area contributed by atoms with Gasteiger partial charge in [0.15, 0.2) is 0 Å². The van der Waals surface area contributed by atoms with E-state index in [9.17, 15) is 8.78 Å². The van der Waals surface area contributed by atoms with E-state index in [4.69, 9.17) is 4.74 Å². The molecule has 0 bridgehead atoms. The van der Waals surface area contributed by atoms with E-state index < -0.39 is 0 Å². The van der Waals surface area contributed by atoms with E-state index in [1.807, 2.05) is 30.5 Å². The highest BCUT2D eigenvalue weighted by Crippen LogP contribution is 2.15. The third kappa shape index (κ3) is 4.42. The summed E-state index contributed by atoms with van der Waals surface area (Å²) >= 11 is 0. The predicted octanol–water partition coefficient (Wildman–Crippen LogP) is 4.39. The molecule has 0 unspecified atom stereocenters. The molecule has 1 heterocycles. The van der Waals surface area contributed by atoms with Crippen molar-refractivity contribution in [3.8, 4) is 0 Å². The lowest BCUT2D eigenvalue weighted by atomic mass is 10.2. The molecule has 0 fully saturated rings. The fourth-order valence-corrected chi connectivity index (χ4v) is 2.40. The zero-order valence-corrected chi connectivity index (χ0v) is 12.6. The molecule has 23 heavy (non-hydrogen) atoms. The van der Waals surface area contributed by atoms with Crippen molar-refractivity contribution in [2.45, 2.75) is 13.2 Å². The zero-order valence-electron chi connectivity index (χ0n) is 12.6. The summed E-state index contributed by atoms with van der Waals surface area (Å²) in [5, 5.41) is 0. The third-order valence-electron chi connectivity index (χ3n) is 3.55. The molecule has 0 spiro atoms. The van der Waals surface area contributed by atoms with Crippen LogP contribution in [0.5, 0.6) is 0 Å². The van der Waals surface area contributed by atoms with Gasteiger partial charge in [0.25, 0.3) is 0 Å². The summed E-state index contributed by atoms with van der Waals surface area (Å²) in [6.45, 7) is 1.66. The minimum Gasteiger partial charge on any atom is -0.489 e. The van der Waals surface area contributed by atoms with E-state index >= 15 is 0 Å². The monoisotopic (exact) mass is 313 g/mol. The fourth-order valence-electron chi connectivity index (χ4n) is 2.40. The Morgan fingerprint density at radius 1 is 0.957 bits per heavy atom. The van der Waals surface area contributed by atoms with Gasteiger partial charge in [0.1, 0.15) is 24.0 Å². The maximum atomic E-state index is 13.2. The number of nitrogens with zero attached hydrogens (tertiary/aromatic N) is 1. The number of halogens is 2. The van der Waals surface area contributed by atoms with Crippen LogP contribution in [0.15, 0.2) is 72.6 Å². The quantitative estimate of drug-likeness (QED) is 0.811. The topological polar surface area (TPSA) is 12.5 Å². The minimum atomic E-state index is -0.263. The molecule has 2 aromatic carbocycles. The molecule has 2 aromatic rings. The van der Waals surface area contributed by atoms with Gasteiger partial charge in [-0.1, -0.05) is 24.3 Å². The van der Waals surface area contributed by atoms with Crippen molar-refractivity contribution in [2.75, 3.05) is 6.54 Å². The number of rotatable bonds is 5. The molecule has 2 nitrogen and oxygen atoms in total. The number of hydrogen-bond acceptors (Lipinski definition) is 2. The lowest BCUT2D eigenvalue weighted by Crippen LogP contribution is -2.19. The van der Waals surface area contributed by atoms with Crippen LogP contribution in [0.25, 0.3) is 0 Å². The van der Waals surface area contributed by atoms with Gasteiger partial charge in [-0.25, -0.2) is 8.78 Å². The third-order valence-corrected chi connectivity index (χ3v) is 3.55. The molecular weight excluding hydrogens is 296 g/mol. The molecule has 0 N–H and O–H groups in total. The summed E-state index contributed by atoms with van der Waals surface area (Å²) in [7, 11) is 0. The van der Waals surface area contributed by atoms with Crippen molar-refractivity contribution in [1.29, 1.82) is 0 Å². The zero-order chi connectivity index (χ0) is 16.1. The molecule has 0 saturated heterocycles. The second-order valence-electron chi connectivity index (χ2n) is 5.40. The highest BCUT2D eigenvalue weighted by Gasteiger charge is 2.07. The Hall–Kier alpha value is -2.62. The van der Waals surface area contributed by atoms with Gasteiger partial charge in [-0.3, -0.25) is 0 Å². The Kier molecular flexibility index (Phi) is 4.71. The summed E-state index contributed by atoms with van der Waals surface area (Å²) in [6.07, 6.45) is 5.74. The molecule has 118 valence electrons. The summed E-state index contributed by atoms with van der Waals surface area (Å²) in [4.78, 5) is 2.06. The fraction of sp³-hybridized carbons (Fsp3) is 0.158. The van der Waals surface area contributed by atoms with Crippen molar-refractivity contribution in [3.05, 3.63) is 95.4 Å². The molecule has 0 saturated carbocycles. The molecule has 0 amide bonds. The van der Waals surface area contributed by atoms with E-state index in [1.54, 1.807) is 12.1 Å². The van der Waals surface area contributed by atoms with E-state index in [2.05, 4.69) is 4.90 Å². The first-order valence-electron chi connectivity index (χ1n) is 7.43. The van der Waals surface area contributed by atoms with Crippen molar-refractivity contribution >= 4 is 0 Å². The molecule has 0 atom stereocenters. The molecule has 4 heteroatoms. The normalized spacial score (nSPS) is 13.8. The highest BCUT2D eigenvalue weighted by atomic mass is 19.1. The molecule has 0 aliphatic carbocycles. The van der Waals surface area contributed by atoms with Crippen molar-refractivity contribution < 1.29 is 13.5 Å². The van der Waals surface area contributed by atoms with Gasteiger partial charge in [-0.05, 0) is 47.5 Å². The van der Waals surface area contributed by atoms with Gasteiger partial charge < -0.3 is 9.64 Å². The molecular formula is C19H17F2NO. The average Bonchev–Trinajstić information content (AvgIpc) is 2.54. The van der Waals surface area contributed by atoms with Crippen LogP contribution >= 0.6 is 0 Å². The minimum absolute atomic E-state index is 0.224. The van der Waals surface area contributed by atoms with Crippen LogP contribution in [-0.4, -0.2) is 11.4 Å². The summed E-state index contributed by atoms with van der Waals surface area (Å²) in [6, 6.07) is 12.9. The lowest BCUT2D eigenvalue weighted by molar-refractivity contribution is 0.204. The summed E-state index contributed by atoms with van der Waals surface area (Å²) in [5.41, 5.74) is 1.72. The average molecular weight is 313 g/mol. The Morgan fingerprint density at radius 3 is 2.30 bits per heavy atom. The number of benzene rings is 2. The number of allylic oxidation sites excluding steroid dienone is 1. The number of ether oxygens (including phenoxy) is 1. The highest BCUT2D eigenvalue weighted by molar-refractivity contribution is 5.21. The van der Waals surface area contributed by atoms with E-state index in [0.29, 0.717) is 19.7 Å². The van der Waals surface area contributed by atoms with Crippen LogP contribution in [0.4, 0.5) is 8.78 Å². The van der Waals surface area contributed by atoms with E-state index in [1.165, 1.54) is 24.3 Å². The second kappa shape index (κ2) is 7.09. The summed E-state index contributed by atoms with van der Waals surface area (Å²) in [5.74, 6) is 0.267. The van der Waals surface area contributed by atoms with Gasteiger partial charge >= 0.3 is 0 Å². The van der Waals surface area contributed by atoms with E-state index in [-0.39, 0.29) is 11.6 Å². The van der Waals surface area contributed by atoms with Crippen LogP contribution in [0, 0.1) is 11.6 Å². The van der Waals surface area contributed by atoms with Crippen LogP contribution in [0.1, 0.15) is 11.1 Å². The van der Waals surface area contributed by atoms with Gasteiger partial charge in [0, 0.05) is 19.3 Å². The van der Waals surface area contributed by atoms with Gasteiger partial charge in [-0.2, -0.15) is 0 Å². The first-order valence-corrected chi connectivity index (χ1v) is 7.43. The second-order valence-corrected chi connectivity index (χ2v) is 5.40. The lowest BCUT2D eigenvalue weighted by Gasteiger charge is -2.22. The largest absolute Gasteiger partial charge is 0.489 e. The number of hydrogen-bond donors (Lipinski definition) is 0. The molecule has 0 radical (unpaired) electrons. The first kappa shape index (κ1) is 15.3. The van der Waals surface area contributed by atoms with Crippen LogP contribution in [0.2, 0.25) is 0 Å². The summed E-state index contributed by atoms with van der Waals surface area (Å²) < 4.78 is 31.9. The molecule has 0 aromatic heterocycles. The first-order chi connectivity index (χ1) is 11.2. The molecule has 1 aliphatic rings. The smallest absolute Gasteiger partial charge is 0.123 e. The van der Waals surface area contributed by atoms with Crippen molar-refractivity contribution in [3.63, 3.8) is 0 Å². The van der Waals surface area contributed by atoms with Crippen molar-refractivity contribution in [2.24, 2.45) is 0 Å². The van der Waals surface area contributed by atoms with Crippen LogP contribution < -0.4 is 0 Å². The van der Waals surface area contributed by atoms with Gasteiger partial charge in [0.2, 0.25) is 0 Å². The van der Waals surface area contributed by atoms with Crippen LogP contribution in [0.3, 0.4) is 0 Å². The van der Waals surface area contributed by atoms with Crippen molar-refractivity contribution in [1.82, 2.24) is 4.90 Å². The Bertz CT molecular complexity index is 740. The predicted molar refractivity (Wildman–Crippen MR) is 85.2 cm³/mol. The SMILES string of the molecule is Fc1cccc(COC2=CCN(Cc3cccc(F)c3)C=C2)c1.